The van der Waals surface area contributed by atoms with E-state index in [1.54, 1.807) is 0 Å². The fourth-order valence-corrected chi connectivity index (χ4v) is 10.9. The number of fused-ring (bicyclic) bond motifs is 7. The summed E-state index contributed by atoms with van der Waals surface area (Å²) in [5.74, 6) is 3.38. The first-order valence-corrected chi connectivity index (χ1v) is 23.1. The topological polar surface area (TPSA) is 24.9 Å². The van der Waals surface area contributed by atoms with Crippen LogP contribution in [0.15, 0.2) is 266 Å². The number of hydrogen-bond donors (Lipinski definition) is 0. The van der Waals surface area contributed by atoms with E-state index in [9.17, 15) is 0 Å². The Labute approximate surface area is 391 Å². The monoisotopic (exact) mass is 858 g/mol. The molecule has 316 valence electrons. The van der Waals surface area contributed by atoms with Gasteiger partial charge in [0, 0.05) is 63.1 Å². The number of para-hydroxylation sites is 3. The van der Waals surface area contributed by atoms with Crippen LogP contribution in [0.3, 0.4) is 0 Å². The summed E-state index contributed by atoms with van der Waals surface area (Å²) in [4.78, 5) is 4.83. The molecule has 2 unspecified atom stereocenters. The van der Waals surface area contributed by atoms with Crippen LogP contribution in [0.4, 0.5) is 28.4 Å². The zero-order chi connectivity index (χ0) is 44.3. The van der Waals surface area contributed by atoms with Crippen molar-refractivity contribution in [1.82, 2.24) is 0 Å². The maximum Gasteiger partial charge on any atom is 0.257 e. The van der Waals surface area contributed by atoms with Gasteiger partial charge in [0.05, 0.1) is 11.4 Å². The molecule has 0 N–H and O–H groups in total. The van der Waals surface area contributed by atoms with Crippen molar-refractivity contribution in [3.63, 3.8) is 0 Å². The molecule has 13 rings (SSSR count). The Kier molecular flexibility index (Phi) is 9.38. The highest BCUT2D eigenvalue weighted by molar-refractivity contribution is 6.95. The molecular weight excluding hydrogens is 816 g/mol. The lowest BCUT2D eigenvalue weighted by molar-refractivity contribution is 0.411. The highest BCUT2D eigenvalue weighted by atomic mass is 16.5. The fraction of sp³-hybridized carbons (Fsp3) is 0.0323. The molecule has 9 aromatic carbocycles. The van der Waals surface area contributed by atoms with Crippen LogP contribution in [-0.2, 0) is 0 Å². The molecule has 2 aliphatic heterocycles. The second-order valence-corrected chi connectivity index (χ2v) is 17.5. The van der Waals surface area contributed by atoms with Gasteiger partial charge in [0.25, 0.3) is 6.71 Å². The highest BCUT2D eigenvalue weighted by Gasteiger charge is 2.49. The first kappa shape index (κ1) is 38.9. The molecule has 2 heterocycles. The number of allylic oxidation sites excluding steroid dienone is 6. The van der Waals surface area contributed by atoms with Gasteiger partial charge < -0.3 is 19.3 Å². The lowest BCUT2D eigenvalue weighted by Gasteiger charge is -2.44. The molecule has 0 amide bonds. The van der Waals surface area contributed by atoms with Crippen molar-refractivity contribution in [3.05, 3.63) is 266 Å². The molecule has 0 spiro atoms. The molecule has 0 saturated heterocycles. The molecule has 4 aliphatic rings. The van der Waals surface area contributed by atoms with E-state index in [0.29, 0.717) is 0 Å². The first-order valence-electron chi connectivity index (χ1n) is 23.1. The van der Waals surface area contributed by atoms with E-state index in [1.807, 2.05) is 0 Å². The van der Waals surface area contributed by atoms with Crippen LogP contribution in [0.5, 0.6) is 17.2 Å². The van der Waals surface area contributed by atoms with Crippen LogP contribution in [0.2, 0.25) is 0 Å². The van der Waals surface area contributed by atoms with Crippen molar-refractivity contribution in [2.45, 2.75) is 0 Å². The second-order valence-electron chi connectivity index (χ2n) is 17.5. The summed E-state index contributed by atoms with van der Waals surface area (Å²) in [7, 11) is 0. The smallest absolute Gasteiger partial charge is 0.257 e. The third-order valence-corrected chi connectivity index (χ3v) is 13.7. The van der Waals surface area contributed by atoms with Crippen LogP contribution in [0, 0.1) is 11.8 Å². The minimum absolute atomic E-state index is 0.00685. The average molecular weight is 859 g/mol. The molecular formula is C62H43BN2O2. The number of nitrogens with zero attached hydrogens (tertiary/aromatic N) is 2. The van der Waals surface area contributed by atoms with Crippen LogP contribution < -0.4 is 30.2 Å². The van der Waals surface area contributed by atoms with E-state index in [-0.39, 0.29) is 18.5 Å². The van der Waals surface area contributed by atoms with E-state index in [2.05, 4.69) is 259 Å². The maximum absolute atomic E-state index is 7.18. The standard InChI is InChI=1S/C62H43BN2O2/c1-5-21-42(22-6-1)44-25-19-30-47(39-44)64(45-26-9-3-10-27-45)54-40-58-60(51-34-15-13-32-49(51)54)63-61-52-35-16-14-33-50(52)55(41-59(61)67-57-38-20-37-56(66-58)62(57)63)65(46-28-11-4-12-29-46)53-36-18-17-31-48(53)43-23-7-2-8-24-43/h1-41,50,52H. The largest absolute Gasteiger partial charge is 0.459 e. The first-order chi connectivity index (χ1) is 33.3. The van der Waals surface area contributed by atoms with E-state index in [0.717, 1.165) is 90.0 Å². The van der Waals surface area contributed by atoms with Gasteiger partial charge in [0.1, 0.15) is 23.0 Å². The summed E-state index contributed by atoms with van der Waals surface area (Å²) in [6, 6.07) is 77.8. The SMILES string of the molecule is C1=CC2C(N(c3ccccc3)c3ccccc3-c3ccccc3)=CC3=C(B4c5c(cccc5Oc5cc(N(c6ccccc6)c6cccc(-c7ccccc7)c6)c6ccccc6c54)O3)C2C=C1. The minimum Gasteiger partial charge on any atom is -0.459 e. The van der Waals surface area contributed by atoms with Gasteiger partial charge in [-0.15, -0.1) is 0 Å². The van der Waals surface area contributed by atoms with E-state index in [1.165, 1.54) is 16.6 Å². The number of hydrogen-bond acceptors (Lipinski definition) is 4. The Morgan fingerprint density at radius 1 is 0.388 bits per heavy atom. The number of ether oxygens (including phenoxy) is 2. The van der Waals surface area contributed by atoms with Crippen molar-refractivity contribution in [2.24, 2.45) is 11.8 Å². The zero-order valence-electron chi connectivity index (χ0n) is 36.6. The average Bonchev–Trinajstić information content (AvgIpc) is 3.40. The molecule has 0 saturated carbocycles. The molecule has 2 aliphatic carbocycles. The Morgan fingerprint density at radius 2 is 0.955 bits per heavy atom. The number of benzene rings is 9. The van der Waals surface area contributed by atoms with Gasteiger partial charge in [-0.05, 0) is 87.6 Å². The summed E-state index contributed by atoms with van der Waals surface area (Å²) in [6.07, 6.45) is 11.5. The Balaban J connectivity index is 1.03. The summed E-state index contributed by atoms with van der Waals surface area (Å²) in [6.45, 7) is -0.132. The molecule has 0 bridgehead atoms. The molecule has 2 atom stereocenters. The summed E-state index contributed by atoms with van der Waals surface area (Å²) >= 11 is 0. The van der Waals surface area contributed by atoms with Gasteiger partial charge in [-0.3, -0.25) is 0 Å². The van der Waals surface area contributed by atoms with Crippen molar-refractivity contribution in [1.29, 1.82) is 0 Å². The van der Waals surface area contributed by atoms with Crippen LogP contribution in [0.25, 0.3) is 33.0 Å². The van der Waals surface area contributed by atoms with Gasteiger partial charge in [-0.2, -0.15) is 0 Å². The predicted octanol–water partition coefficient (Wildman–Crippen LogP) is 14.6. The van der Waals surface area contributed by atoms with Crippen molar-refractivity contribution in [2.75, 3.05) is 9.80 Å². The van der Waals surface area contributed by atoms with Gasteiger partial charge >= 0.3 is 0 Å². The minimum atomic E-state index is -0.132. The normalized spacial score (nSPS) is 16.2. The van der Waals surface area contributed by atoms with Crippen LogP contribution >= 0.6 is 0 Å². The Bertz CT molecular complexity index is 3490. The van der Waals surface area contributed by atoms with Crippen molar-refractivity contribution in [3.8, 4) is 39.5 Å². The van der Waals surface area contributed by atoms with Crippen molar-refractivity contribution < 1.29 is 9.47 Å². The zero-order valence-corrected chi connectivity index (χ0v) is 36.6. The maximum atomic E-state index is 7.18. The Morgan fingerprint density at radius 3 is 1.70 bits per heavy atom. The van der Waals surface area contributed by atoms with Crippen LogP contribution in [-0.4, -0.2) is 6.71 Å². The quantitative estimate of drug-likeness (QED) is 0.142. The molecule has 9 aromatic rings. The van der Waals surface area contributed by atoms with Gasteiger partial charge in [0.15, 0.2) is 0 Å². The highest BCUT2D eigenvalue weighted by Crippen LogP contribution is 2.51. The Hall–Kier alpha value is -8.54. The molecule has 67 heavy (non-hydrogen) atoms. The van der Waals surface area contributed by atoms with Crippen molar-refractivity contribution >= 4 is 56.8 Å². The van der Waals surface area contributed by atoms with E-state index < -0.39 is 0 Å². The number of anilines is 5. The molecule has 0 radical (unpaired) electrons. The van der Waals surface area contributed by atoms with Gasteiger partial charge in [-0.25, -0.2) is 0 Å². The molecule has 4 nitrogen and oxygen atoms in total. The predicted molar refractivity (Wildman–Crippen MR) is 277 cm³/mol. The molecule has 5 heteroatoms. The molecule has 0 aromatic heterocycles. The molecule has 0 fully saturated rings. The van der Waals surface area contributed by atoms with E-state index >= 15 is 0 Å². The lowest BCUT2D eigenvalue weighted by Crippen LogP contribution is -2.54. The fourth-order valence-electron chi connectivity index (χ4n) is 10.9. The number of rotatable bonds is 8. The van der Waals surface area contributed by atoms with Gasteiger partial charge in [0.2, 0.25) is 0 Å². The van der Waals surface area contributed by atoms with E-state index in [4.69, 9.17) is 9.47 Å². The van der Waals surface area contributed by atoms with Crippen LogP contribution in [0.1, 0.15) is 0 Å². The summed E-state index contributed by atoms with van der Waals surface area (Å²) in [5, 5.41) is 2.29. The third-order valence-electron chi connectivity index (χ3n) is 13.7. The summed E-state index contributed by atoms with van der Waals surface area (Å²) in [5.41, 5.74) is 14.7. The summed E-state index contributed by atoms with van der Waals surface area (Å²) < 4.78 is 14.3. The second kappa shape index (κ2) is 16.2. The third kappa shape index (κ3) is 6.54. The lowest BCUT2D eigenvalue weighted by atomic mass is 9.31. The van der Waals surface area contributed by atoms with Gasteiger partial charge in [-0.1, -0.05) is 182 Å².